The molecule has 0 aromatic carbocycles. The smallest absolute Gasteiger partial charge is 0.223 e. The first-order chi connectivity index (χ1) is 9.33. The van der Waals surface area contributed by atoms with Crippen molar-refractivity contribution >= 4 is 0 Å². The molecule has 0 spiro atoms. The molecule has 0 aliphatic carbocycles. The first-order valence-corrected chi connectivity index (χ1v) is 6.83. The minimum Gasteiger partial charge on any atom is -0.340 e. The Morgan fingerprint density at radius 2 is 2.47 bits per heavy atom. The molecule has 0 saturated carbocycles. The van der Waals surface area contributed by atoms with Gasteiger partial charge in [0.05, 0.1) is 6.33 Å². The van der Waals surface area contributed by atoms with Crippen molar-refractivity contribution < 1.29 is 4.52 Å². The molecular weight excluding hydrogens is 242 g/mol. The molecule has 3 heterocycles. The van der Waals surface area contributed by atoms with Crippen LogP contribution in [0.3, 0.4) is 0 Å². The van der Waals surface area contributed by atoms with Gasteiger partial charge in [0.2, 0.25) is 5.89 Å². The number of rotatable bonds is 4. The minimum atomic E-state index is 0.572. The Hall–Kier alpha value is -1.69. The Kier molecular flexibility index (Phi) is 3.59. The molecule has 0 amide bonds. The fourth-order valence-electron chi connectivity index (χ4n) is 2.63. The normalized spacial score (nSPS) is 19.7. The fraction of sp³-hybridized carbons (Fsp3) is 0.615. The average molecular weight is 261 g/mol. The fourth-order valence-corrected chi connectivity index (χ4v) is 2.63. The highest BCUT2D eigenvalue weighted by Crippen LogP contribution is 2.22. The SMILES string of the molecule is Cc1nc(CCn2cncc2C2CCCNC2)no1. The molecule has 0 radical (unpaired) electrons. The molecule has 1 aliphatic heterocycles. The molecule has 1 saturated heterocycles. The number of nitrogens with zero attached hydrogens (tertiary/aromatic N) is 4. The van der Waals surface area contributed by atoms with Crippen molar-refractivity contribution in [1.82, 2.24) is 25.0 Å². The summed E-state index contributed by atoms with van der Waals surface area (Å²) in [5.41, 5.74) is 1.31. The molecule has 2 aromatic rings. The summed E-state index contributed by atoms with van der Waals surface area (Å²) >= 11 is 0. The molecule has 0 bridgehead atoms. The number of aromatic nitrogens is 4. The number of aryl methyl sites for hydroxylation is 3. The van der Waals surface area contributed by atoms with E-state index in [4.69, 9.17) is 4.52 Å². The van der Waals surface area contributed by atoms with Gasteiger partial charge in [0.1, 0.15) is 0 Å². The van der Waals surface area contributed by atoms with Crippen LogP contribution in [0.2, 0.25) is 0 Å². The van der Waals surface area contributed by atoms with E-state index < -0.39 is 0 Å². The third kappa shape index (κ3) is 2.84. The standard InChI is InChI=1S/C13H19N5O/c1-10-16-13(17-19-10)4-6-18-9-15-8-12(18)11-3-2-5-14-7-11/h8-9,11,14H,2-7H2,1H3. The summed E-state index contributed by atoms with van der Waals surface area (Å²) in [4.78, 5) is 8.51. The highest BCUT2D eigenvalue weighted by molar-refractivity contribution is 5.08. The van der Waals surface area contributed by atoms with Crippen molar-refractivity contribution in [2.75, 3.05) is 13.1 Å². The topological polar surface area (TPSA) is 68.8 Å². The van der Waals surface area contributed by atoms with Crippen LogP contribution in [0.15, 0.2) is 17.0 Å². The average Bonchev–Trinajstić information content (AvgIpc) is 3.06. The molecule has 3 rings (SSSR count). The van der Waals surface area contributed by atoms with Gasteiger partial charge in [-0.15, -0.1) is 0 Å². The zero-order chi connectivity index (χ0) is 13.1. The molecule has 1 atom stereocenters. The first-order valence-electron chi connectivity index (χ1n) is 6.83. The number of nitrogens with one attached hydrogen (secondary N) is 1. The summed E-state index contributed by atoms with van der Waals surface area (Å²) in [5.74, 6) is 1.96. The molecule has 1 N–H and O–H groups in total. The quantitative estimate of drug-likeness (QED) is 0.898. The predicted molar refractivity (Wildman–Crippen MR) is 69.8 cm³/mol. The van der Waals surface area contributed by atoms with Gasteiger partial charge in [0.25, 0.3) is 0 Å². The lowest BCUT2D eigenvalue weighted by Gasteiger charge is -2.23. The third-order valence-electron chi connectivity index (χ3n) is 3.61. The Bertz CT molecular complexity index is 527. The Morgan fingerprint density at radius 3 is 3.21 bits per heavy atom. The Morgan fingerprint density at radius 1 is 1.53 bits per heavy atom. The predicted octanol–water partition coefficient (Wildman–Crippen LogP) is 1.28. The molecule has 1 aliphatic rings. The summed E-state index contributed by atoms with van der Waals surface area (Å²) in [6.07, 6.45) is 7.14. The molecular formula is C13H19N5O. The second kappa shape index (κ2) is 5.52. The van der Waals surface area contributed by atoms with E-state index in [1.165, 1.54) is 18.5 Å². The van der Waals surface area contributed by atoms with E-state index in [-0.39, 0.29) is 0 Å². The molecule has 19 heavy (non-hydrogen) atoms. The van der Waals surface area contributed by atoms with Gasteiger partial charge in [-0.05, 0) is 19.4 Å². The summed E-state index contributed by atoms with van der Waals surface area (Å²) in [7, 11) is 0. The molecule has 6 heteroatoms. The Balaban J connectivity index is 1.66. The van der Waals surface area contributed by atoms with E-state index in [1.807, 2.05) is 19.4 Å². The van der Waals surface area contributed by atoms with Gasteiger partial charge < -0.3 is 14.4 Å². The number of imidazole rings is 1. The first kappa shape index (κ1) is 12.3. The summed E-state index contributed by atoms with van der Waals surface area (Å²) in [5, 5.41) is 7.37. The van der Waals surface area contributed by atoms with Crippen LogP contribution < -0.4 is 5.32 Å². The van der Waals surface area contributed by atoms with Crippen molar-refractivity contribution in [3.05, 3.63) is 29.9 Å². The molecule has 102 valence electrons. The minimum absolute atomic E-state index is 0.572. The van der Waals surface area contributed by atoms with E-state index >= 15 is 0 Å². The summed E-state index contributed by atoms with van der Waals surface area (Å²) < 4.78 is 7.20. The van der Waals surface area contributed by atoms with Gasteiger partial charge in [0.15, 0.2) is 5.82 Å². The maximum Gasteiger partial charge on any atom is 0.223 e. The van der Waals surface area contributed by atoms with E-state index in [1.54, 1.807) is 0 Å². The van der Waals surface area contributed by atoms with Crippen LogP contribution in [0.5, 0.6) is 0 Å². The lowest BCUT2D eigenvalue weighted by Crippen LogP contribution is -2.29. The van der Waals surface area contributed by atoms with E-state index in [2.05, 4.69) is 25.0 Å². The van der Waals surface area contributed by atoms with Gasteiger partial charge in [-0.1, -0.05) is 5.16 Å². The lowest BCUT2D eigenvalue weighted by molar-refractivity contribution is 0.385. The molecule has 1 fully saturated rings. The molecule has 2 aromatic heterocycles. The van der Waals surface area contributed by atoms with Crippen LogP contribution in [-0.4, -0.2) is 32.8 Å². The second-order valence-corrected chi connectivity index (χ2v) is 5.03. The maximum absolute atomic E-state index is 4.98. The van der Waals surface area contributed by atoms with E-state index in [9.17, 15) is 0 Å². The van der Waals surface area contributed by atoms with Crippen LogP contribution in [0.25, 0.3) is 0 Å². The van der Waals surface area contributed by atoms with Crippen molar-refractivity contribution in [1.29, 1.82) is 0 Å². The van der Waals surface area contributed by atoms with E-state index in [0.29, 0.717) is 11.8 Å². The number of hydrogen-bond acceptors (Lipinski definition) is 5. The highest BCUT2D eigenvalue weighted by atomic mass is 16.5. The lowest BCUT2D eigenvalue weighted by atomic mass is 9.96. The van der Waals surface area contributed by atoms with Crippen LogP contribution in [0.4, 0.5) is 0 Å². The van der Waals surface area contributed by atoms with Crippen LogP contribution in [0.1, 0.15) is 36.2 Å². The zero-order valence-corrected chi connectivity index (χ0v) is 11.2. The number of hydrogen-bond donors (Lipinski definition) is 1. The van der Waals surface area contributed by atoms with E-state index in [0.717, 1.165) is 31.9 Å². The second-order valence-electron chi connectivity index (χ2n) is 5.03. The van der Waals surface area contributed by atoms with Crippen molar-refractivity contribution in [2.45, 2.75) is 38.6 Å². The highest BCUT2D eigenvalue weighted by Gasteiger charge is 2.18. The summed E-state index contributed by atoms with van der Waals surface area (Å²) in [6, 6.07) is 0. The summed E-state index contributed by atoms with van der Waals surface area (Å²) in [6.45, 7) is 4.84. The zero-order valence-electron chi connectivity index (χ0n) is 11.2. The molecule has 6 nitrogen and oxygen atoms in total. The Labute approximate surface area is 112 Å². The van der Waals surface area contributed by atoms with Crippen molar-refractivity contribution in [3.63, 3.8) is 0 Å². The molecule has 1 unspecified atom stereocenters. The van der Waals surface area contributed by atoms with Gasteiger partial charge in [-0.3, -0.25) is 0 Å². The number of piperidine rings is 1. The maximum atomic E-state index is 4.98. The van der Waals surface area contributed by atoms with Crippen molar-refractivity contribution in [3.8, 4) is 0 Å². The third-order valence-corrected chi connectivity index (χ3v) is 3.61. The van der Waals surface area contributed by atoms with Gasteiger partial charge >= 0.3 is 0 Å². The van der Waals surface area contributed by atoms with Gasteiger partial charge in [-0.25, -0.2) is 4.98 Å². The van der Waals surface area contributed by atoms with Crippen LogP contribution in [0, 0.1) is 6.92 Å². The van der Waals surface area contributed by atoms with Gasteiger partial charge in [0, 0.05) is 44.2 Å². The van der Waals surface area contributed by atoms with Gasteiger partial charge in [-0.2, -0.15) is 4.98 Å². The van der Waals surface area contributed by atoms with Crippen molar-refractivity contribution in [2.24, 2.45) is 0 Å². The van der Waals surface area contributed by atoms with Crippen LogP contribution >= 0.6 is 0 Å². The largest absolute Gasteiger partial charge is 0.340 e. The van der Waals surface area contributed by atoms with Crippen LogP contribution in [-0.2, 0) is 13.0 Å². The monoisotopic (exact) mass is 261 g/mol.